The molecule has 0 heterocycles. The molecule has 6 heavy (non-hydrogen) atoms. The van der Waals surface area contributed by atoms with Gasteiger partial charge in [-0.3, -0.25) is 8.74 Å². The molecule has 0 bridgehead atoms. The molecular weight excluding hydrogens is 106 g/mol. The molecule has 0 aliphatic carbocycles. The smallest absolute Gasteiger partial charge is 0.303 e. The molecule has 0 amide bonds. The van der Waals surface area contributed by atoms with Crippen molar-refractivity contribution in [1.29, 1.82) is 0 Å². The van der Waals surface area contributed by atoms with Gasteiger partial charge in [-0.2, -0.15) is 4.21 Å². The summed E-state index contributed by atoms with van der Waals surface area (Å²) in [5.74, 6) is 0. The minimum Gasteiger partial charge on any atom is -0.307 e. The zero-order valence-corrected chi connectivity index (χ0v) is 3.77. The van der Waals surface area contributed by atoms with Crippen molar-refractivity contribution >= 4 is 11.4 Å². The van der Waals surface area contributed by atoms with E-state index in [1.807, 2.05) is 0 Å². The highest BCUT2D eigenvalue weighted by Gasteiger charge is 1.82. The van der Waals surface area contributed by atoms with Gasteiger partial charge in [0.1, 0.15) is 6.73 Å². The lowest BCUT2D eigenvalue weighted by atomic mass is 11.4. The fraction of sp³-hybridized carbons (Fsp3) is 1.00. The van der Waals surface area contributed by atoms with E-state index in [9.17, 15) is 4.21 Å². The van der Waals surface area contributed by atoms with Crippen molar-refractivity contribution in [3.05, 3.63) is 0 Å². The third-order valence-corrected chi connectivity index (χ3v) is 0.507. The molecule has 0 spiro atoms. The van der Waals surface area contributed by atoms with Crippen LogP contribution in [0, 0.1) is 0 Å². The lowest BCUT2D eigenvalue weighted by Gasteiger charge is -1.85. The van der Waals surface area contributed by atoms with Crippen molar-refractivity contribution in [1.82, 2.24) is 0 Å². The van der Waals surface area contributed by atoms with Gasteiger partial charge >= 0.3 is 11.4 Å². The minimum absolute atomic E-state index is 0.219. The van der Waals surface area contributed by atoms with Gasteiger partial charge in [0.15, 0.2) is 0 Å². The summed E-state index contributed by atoms with van der Waals surface area (Å²) in [7, 11) is 0. The molecular formula is CH5NO3S. The maximum atomic E-state index is 9.41. The van der Waals surface area contributed by atoms with E-state index in [0.29, 0.717) is 0 Å². The van der Waals surface area contributed by atoms with E-state index in [0.717, 1.165) is 0 Å². The highest BCUT2D eigenvalue weighted by atomic mass is 32.2. The van der Waals surface area contributed by atoms with E-state index >= 15 is 0 Å². The van der Waals surface area contributed by atoms with Gasteiger partial charge in [0.25, 0.3) is 0 Å². The lowest BCUT2D eigenvalue weighted by Crippen LogP contribution is -2.05. The van der Waals surface area contributed by atoms with Crippen LogP contribution in [0.5, 0.6) is 0 Å². The molecule has 38 valence electrons. The van der Waals surface area contributed by atoms with Crippen LogP contribution in [0.1, 0.15) is 0 Å². The van der Waals surface area contributed by atoms with Gasteiger partial charge in [-0.1, -0.05) is 0 Å². The summed E-state index contributed by atoms with van der Waals surface area (Å²) in [5.41, 5.74) is 4.65. The molecule has 4 nitrogen and oxygen atoms in total. The van der Waals surface area contributed by atoms with Gasteiger partial charge in [0, 0.05) is 0 Å². The zero-order chi connectivity index (χ0) is 4.99. The Morgan fingerprint density at radius 2 is 2.50 bits per heavy atom. The van der Waals surface area contributed by atoms with Crippen LogP contribution in [-0.2, 0) is 15.5 Å². The van der Waals surface area contributed by atoms with Crippen molar-refractivity contribution < 1.29 is 12.9 Å². The quantitative estimate of drug-likeness (QED) is 0.356. The molecule has 0 aliphatic heterocycles. The zero-order valence-electron chi connectivity index (χ0n) is 2.96. The Labute approximate surface area is 37.8 Å². The van der Waals surface area contributed by atoms with Gasteiger partial charge in [0.2, 0.25) is 0 Å². The van der Waals surface area contributed by atoms with E-state index in [-0.39, 0.29) is 6.73 Å². The van der Waals surface area contributed by atoms with Crippen LogP contribution in [0.4, 0.5) is 0 Å². The fourth-order valence-corrected chi connectivity index (χ4v) is 0.175. The molecule has 0 aromatic heterocycles. The average molecular weight is 111 g/mol. The van der Waals surface area contributed by atoms with E-state index < -0.39 is 11.4 Å². The van der Waals surface area contributed by atoms with Crippen molar-refractivity contribution in [2.75, 3.05) is 6.73 Å². The SMILES string of the molecule is NCOS(=O)O. The highest BCUT2D eigenvalue weighted by molar-refractivity contribution is 7.74. The second-order valence-electron chi connectivity index (χ2n) is 0.502. The second-order valence-corrected chi connectivity index (χ2v) is 1.17. The standard InChI is InChI=1S/CH5NO3S/c2-1-5-6(3)4/h1-2H2,(H,3,4). The molecule has 0 aliphatic rings. The number of rotatable bonds is 2. The third-order valence-electron chi connectivity index (χ3n) is 0.169. The van der Waals surface area contributed by atoms with E-state index in [1.54, 1.807) is 0 Å². The predicted molar refractivity (Wildman–Crippen MR) is 20.9 cm³/mol. The van der Waals surface area contributed by atoms with Crippen LogP contribution in [0.25, 0.3) is 0 Å². The molecule has 1 atom stereocenters. The molecule has 1 unspecified atom stereocenters. The van der Waals surface area contributed by atoms with Gasteiger partial charge in [-0.05, 0) is 0 Å². The van der Waals surface area contributed by atoms with E-state index in [2.05, 4.69) is 9.92 Å². The fourth-order valence-electron chi connectivity index (χ4n) is 0.0582. The van der Waals surface area contributed by atoms with Crippen LogP contribution >= 0.6 is 0 Å². The Bertz CT molecular complexity index is 54.8. The molecule has 0 saturated heterocycles. The van der Waals surface area contributed by atoms with Crippen LogP contribution in [0.15, 0.2) is 0 Å². The summed E-state index contributed by atoms with van der Waals surface area (Å²) in [5, 5.41) is 0. The first-order valence-corrected chi connectivity index (χ1v) is 2.24. The first-order valence-electron chi connectivity index (χ1n) is 1.21. The molecule has 0 aromatic rings. The van der Waals surface area contributed by atoms with Gasteiger partial charge in [0.05, 0.1) is 0 Å². The highest BCUT2D eigenvalue weighted by Crippen LogP contribution is 1.68. The van der Waals surface area contributed by atoms with E-state index in [1.165, 1.54) is 0 Å². The van der Waals surface area contributed by atoms with E-state index in [4.69, 9.17) is 4.55 Å². The third kappa shape index (κ3) is 4.03. The van der Waals surface area contributed by atoms with Crippen molar-refractivity contribution in [3.8, 4) is 0 Å². The normalized spacial score (nSPS) is 14.3. The van der Waals surface area contributed by atoms with Crippen LogP contribution in [0.2, 0.25) is 0 Å². The largest absolute Gasteiger partial charge is 0.307 e. The van der Waals surface area contributed by atoms with Crippen LogP contribution in [-0.4, -0.2) is 15.5 Å². The summed E-state index contributed by atoms with van der Waals surface area (Å²) in [6.07, 6.45) is 0. The molecule has 0 aromatic carbocycles. The minimum atomic E-state index is -2.19. The topological polar surface area (TPSA) is 72.5 Å². The van der Waals surface area contributed by atoms with Gasteiger partial charge < -0.3 is 5.73 Å². The van der Waals surface area contributed by atoms with Gasteiger partial charge in [-0.15, -0.1) is 0 Å². The first kappa shape index (κ1) is 6.03. The predicted octanol–water partition coefficient (Wildman–Crippen LogP) is -0.944. The summed E-state index contributed by atoms with van der Waals surface area (Å²) in [4.78, 5) is 0. The molecule has 0 rings (SSSR count). The molecule has 0 saturated carbocycles. The molecule has 0 fully saturated rings. The van der Waals surface area contributed by atoms with Crippen molar-refractivity contribution in [2.45, 2.75) is 0 Å². The van der Waals surface area contributed by atoms with Crippen LogP contribution < -0.4 is 5.73 Å². The van der Waals surface area contributed by atoms with Gasteiger partial charge in [-0.25, -0.2) is 0 Å². The Balaban J connectivity index is 2.83. The Morgan fingerprint density at radius 3 is 2.50 bits per heavy atom. The Morgan fingerprint density at radius 1 is 2.00 bits per heavy atom. The maximum Gasteiger partial charge on any atom is 0.303 e. The Kier molecular flexibility index (Phi) is 3.24. The number of hydrogen-bond donors (Lipinski definition) is 2. The monoisotopic (exact) mass is 111 g/mol. The number of nitrogens with two attached hydrogens (primary N) is 1. The van der Waals surface area contributed by atoms with Crippen molar-refractivity contribution in [2.24, 2.45) is 5.73 Å². The first-order chi connectivity index (χ1) is 2.77. The molecule has 0 radical (unpaired) electrons. The Hall–Kier alpha value is 0.0300. The molecule has 5 heteroatoms. The number of hydrogen-bond acceptors (Lipinski definition) is 3. The maximum absolute atomic E-state index is 9.41. The summed E-state index contributed by atoms with van der Waals surface area (Å²) in [6, 6.07) is 0. The van der Waals surface area contributed by atoms with Crippen molar-refractivity contribution in [3.63, 3.8) is 0 Å². The average Bonchev–Trinajstić information content (AvgIpc) is 1.35. The summed E-state index contributed by atoms with van der Waals surface area (Å²) in [6.45, 7) is -0.219. The second kappa shape index (κ2) is 3.23. The molecule has 3 N–H and O–H groups in total. The lowest BCUT2D eigenvalue weighted by molar-refractivity contribution is 0.317. The summed E-state index contributed by atoms with van der Waals surface area (Å²) >= 11 is -2.19. The van der Waals surface area contributed by atoms with Crippen LogP contribution in [0.3, 0.4) is 0 Å². The summed E-state index contributed by atoms with van der Waals surface area (Å²) < 4.78 is 21.0.